The smallest absolute Gasteiger partial charge is 0.337 e. The molecule has 100 valence electrons. The Hall–Kier alpha value is -1.92. The third-order valence-corrected chi connectivity index (χ3v) is 2.41. The predicted octanol–water partition coefficient (Wildman–Crippen LogP) is -0.640. The zero-order chi connectivity index (χ0) is 13.9. The number of carbonyl (C=O) groups excluding carboxylic acids is 3. The molecule has 1 heterocycles. The summed E-state index contributed by atoms with van der Waals surface area (Å²) in [6, 6.07) is -1.70. The summed E-state index contributed by atoms with van der Waals surface area (Å²) in [5, 5.41) is 5.06. The molecule has 0 aromatic carbocycles. The first kappa shape index (κ1) is 14.1. The number of cyclic esters (lactones) is 1. The van der Waals surface area contributed by atoms with Crippen molar-refractivity contribution >= 4 is 23.7 Å². The number of aliphatic imine (C=N–C) groups is 1. The van der Waals surface area contributed by atoms with Crippen molar-refractivity contribution in [2.75, 3.05) is 0 Å². The third-order valence-electron chi connectivity index (χ3n) is 2.41. The Kier molecular flexibility index (Phi) is 4.41. The summed E-state index contributed by atoms with van der Waals surface area (Å²) in [5.41, 5.74) is 0. The van der Waals surface area contributed by atoms with E-state index in [1.54, 1.807) is 20.8 Å². The highest BCUT2D eigenvalue weighted by Crippen LogP contribution is 2.08. The number of nitrogens with one attached hydrogen (secondary N) is 2. The largest absolute Gasteiger partial charge is 0.408 e. The van der Waals surface area contributed by atoms with Gasteiger partial charge in [-0.15, -0.1) is 0 Å². The van der Waals surface area contributed by atoms with Crippen molar-refractivity contribution < 1.29 is 19.1 Å². The van der Waals surface area contributed by atoms with Gasteiger partial charge in [0, 0.05) is 6.92 Å². The Morgan fingerprint density at radius 3 is 2.39 bits per heavy atom. The van der Waals surface area contributed by atoms with E-state index < -0.39 is 24.1 Å². The lowest BCUT2D eigenvalue weighted by Gasteiger charge is -2.17. The molecule has 0 aromatic heterocycles. The zero-order valence-electron chi connectivity index (χ0n) is 10.8. The minimum Gasteiger partial charge on any atom is -0.408 e. The van der Waals surface area contributed by atoms with Gasteiger partial charge in [-0.3, -0.25) is 9.59 Å². The average molecular weight is 255 g/mol. The normalized spacial score (nSPS) is 21.7. The van der Waals surface area contributed by atoms with Gasteiger partial charge in [0.25, 0.3) is 0 Å². The molecule has 1 rings (SSSR count). The first-order valence-corrected chi connectivity index (χ1v) is 5.68. The van der Waals surface area contributed by atoms with Crippen molar-refractivity contribution in [1.29, 1.82) is 0 Å². The van der Waals surface area contributed by atoms with Gasteiger partial charge in [-0.05, 0) is 20.8 Å². The van der Waals surface area contributed by atoms with E-state index in [1.807, 2.05) is 0 Å². The molecule has 3 atom stereocenters. The maximum absolute atomic E-state index is 11.7. The Bertz CT molecular complexity index is 405. The van der Waals surface area contributed by atoms with E-state index in [0.29, 0.717) is 0 Å². The molecule has 0 radical (unpaired) electrons. The lowest BCUT2D eigenvalue weighted by atomic mass is 10.2. The number of rotatable bonds is 4. The number of amides is 2. The molecule has 1 aliphatic heterocycles. The third kappa shape index (κ3) is 3.54. The summed E-state index contributed by atoms with van der Waals surface area (Å²) in [7, 11) is 0. The second-order valence-corrected chi connectivity index (χ2v) is 4.22. The monoisotopic (exact) mass is 255 g/mol. The van der Waals surface area contributed by atoms with Crippen LogP contribution in [0.1, 0.15) is 27.7 Å². The van der Waals surface area contributed by atoms with Crippen LogP contribution in [-0.4, -0.2) is 41.8 Å². The van der Waals surface area contributed by atoms with Gasteiger partial charge in [-0.1, -0.05) is 0 Å². The van der Waals surface area contributed by atoms with Crippen LogP contribution in [0.4, 0.5) is 0 Å². The molecule has 0 saturated heterocycles. The van der Waals surface area contributed by atoms with Crippen molar-refractivity contribution in [2.24, 2.45) is 4.99 Å². The quantitative estimate of drug-likeness (QED) is 0.653. The van der Waals surface area contributed by atoms with Gasteiger partial charge in [0.05, 0.1) is 0 Å². The van der Waals surface area contributed by atoms with Gasteiger partial charge < -0.3 is 15.4 Å². The summed E-state index contributed by atoms with van der Waals surface area (Å²) >= 11 is 0. The van der Waals surface area contributed by atoms with Crippen LogP contribution < -0.4 is 10.6 Å². The van der Waals surface area contributed by atoms with Crippen LogP contribution in [0, 0.1) is 0 Å². The topological polar surface area (TPSA) is 96.9 Å². The molecule has 0 bridgehead atoms. The lowest BCUT2D eigenvalue weighted by Crippen LogP contribution is -2.49. The Labute approximate surface area is 105 Å². The van der Waals surface area contributed by atoms with Crippen LogP contribution in [0.5, 0.6) is 0 Å². The average Bonchev–Trinajstić information content (AvgIpc) is 2.58. The molecule has 0 fully saturated rings. The number of esters is 1. The van der Waals surface area contributed by atoms with Crippen LogP contribution in [0.25, 0.3) is 0 Å². The summed E-state index contributed by atoms with van der Waals surface area (Å²) in [4.78, 5) is 37.6. The second-order valence-electron chi connectivity index (χ2n) is 4.22. The molecule has 2 N–H and O–H groups in total. The van der Waals surface area contributed by atoms with E-state index in [1.165, 1.54) is 6.92 Å². The standard InChI is InChI=1S/C11H17N3O4/c1-5(12-8(4)15)9(16)13-6(2)10-14-7(3)11(17)18-10/h5-7H,1-4H3,(H,12,15)(H,13,16)/t5-,6-,7-/m0/s1. The molecule has 0 saturated carbocycles. The van der Waals surface area contributed by atoms with E-state index in [2.05, 4.69) is 15.6 Å². The van der Waals surface area contributed by atoms with E-state index in [9.17, 15) is 14.4 Å². The first-order valence-electron chi connectivity index (χ1n) is 5.68. The van der Waals surface area contributed by atoms with E-state index in [4.69, 9.17) is 4.74 Å². The Morgan fingerprint density at radius 2 is 1.94 bits per heavy atom. The van der Waals surface area contributed by atoms with Gasteiger partial charge in [0.2, 0.25) is 17.7 Å². The molecule has 2 amide bonds. The summed E-state index contributed by atoms with van der Waals surface area (Å²) in [6.45, 7) is 6.17. The van der Waals surface area contributed by atoms with Gasteiger partial charge >= 0.3 is 5.97 Å². The first-order chi connectivity index (χ1) is 8.31. The summed E-state index contributed by atoms with van der Waals surface area (Å²) in [5.74, 6) is -0.892. The highest BCUT2D eigenvalue weighted by molar-refractivity contribution is 6.01. The molecular weight excluding hydrogens is 238 g/mol. The lowest BCUT2D eigenvalue weighted by molar-refractivity contribution is -0.135. The zero-order valence-corrected chi connectivity index (χ0v) is 10.8. The molecule has 7 heteroatoms. The minimum atomic E-state index is -0.653. The number of nitrogens with zero attached hydrogens (tertiary/aromatic N) is 1. The SMILES string of the molecule is CC(=O)N[C@@H](C)C(=O)N[C@@H](C)C1=N[C@@H](C)C(=O)O1. The van der Waals surface area contributed by atoms with Crippen LogP contribution in [0.15, 0.2) is 4.99 Å². The van der Waals surface area contributed by atoms with Crippen molar-refractivity contribution in [1.82, 2.24) is 10.6 Å². The summed E-state index contributed by atoms with van der Waals surface area (Å²) in [6.07, 6.45) is 0. The maximum atomic E-state index is 11.7. The van der Waals surface area contributed by atoms with Crippen molar-refractivity contribution in [2.45, 2.75) is 45.8 Å². The number of ether oxygens (including phenoxy) is 1. The van der Waals surface area contributed by atoms with Gasteiger partial charge in [-0.25, -0.2) is 9.79 Å². The van der Waals surface area contributed by atoms with Crippen LogP contribution in [0.3, 0.4) is 0 Å². The molecule has 7 nitrogen and oxygen atoms in total. The van der Waals surface area contributed by atoms with Gasteiger partial charge in [0.15, 0.2) is 0 Å². The van der Waals surface area contributed by atoms with Gasteiger partial charge in [0.1, 0.15) is 18.1 Å². The fourth-order valence-electron chi connectivity index (χ4n) is 1.43. The fourth-order valence-corrected chi connectivity index (χ4v) is 1.43. The molecule has 0 spiro atoms. The highest BCUT2D eigenvalue weighted by atomic mass is 16.6. The molecule has 0 aromatic rings. The number of hydrogen-bond donors (Lipinski definition) is 2. The predicted molar refractivity (Wildman–Crippen MR) is 63.9 cm³/mol. The van der Waals surface area contributed by atoms with E-state index >= 15 is 0 Å². The molecule has 1 aliphatic rings. The van der Waals surface area contributed by atoms with Crippen LogP contribution >= 0.6 is 0 Å². The second kappa shape index (κ2) is 5.61. The number of carbonyl (C=O) groups is 3. The van der Waals surface area contributed by atoms with E-state index in [0.717, 1.165) is 0 Å². The van der Waals surface area contributed by atoms with Crippen LogP contribution in [0.2, 0.25) is 0 Å². The van der Waals surface area contributed by atoms with Gasteiger partial charge in [-0.2, -0.15) is 0 Å². The van der Waals surface area contributed by atoms with Crippen LogP contribution in [-0.2, 0) is 19.1 Å². The van der Waals surface area contributed by atoms with Crippen molar-refractivity contribution in [3.63, 3.8) is 0 Å². The van der Waals surface area contributed by atoms with Crippen molar-refractivity contribution in [3.05, 3.63) is 0 Å². The molecule has 18 heavy (non-hydrogen) atoms. The highest BCUT2D eigenvalue weighted by Gasteiger charge is 2.29. The molecule has 0 unspecified atom stereocenters. The fraction of sp³-hybridized carbons (Fsp3) is 0.636. The molecule has 0 aliphatic carbocycles. The summed E-state index contributed by atoms with van der Waals surface area (Å²) < 4.78 is 4.91. The maximum Gasteiger partial charge on any atom is 0.337 e. The Morgan fingerprint density at radius 1 is 1.33 bits per heavy atom. The number of hydrogen-bond acceptors (Lipinski definition) is 5. The van der Waals surface area contributed by atoms with E-state index in [-0.39, 0.29) is 17.7 Å². The van der Waals surface area contributed by atoms with Crippen molar-refractivity contribution in [3.8, 4) is 0 Å². The molecular formula is C11H17N3O4. The Balaban J connectivity index is 2.52. The minimum absolute atomic E-state index is 0.191.